The first-order valence-electron chi connectivity index (χ1n) is 5.42. The number of aromatic carboxylic acids is 1. The quantitative estimate of drug-likeness (QED) is 0.396. The van der Waals surface area contributed by atoms with Gasteiger partial charge in [0.1, 0.15) is 0 Å². The molecule has 0 aliphatic heterocycles. The van der Waals surface area contributed by atoms with Crippen LogP contribution in [-0.2, 0) is 0 Å². The highest BCUT2D eigenvalue weighted by Crippen LogP contribution is 2.19. The molecule has 0 radical (unpaired) electrons. The fraction of sp³-hybridized carbons (Fsp3) is 0.333. The van der Waals surface area contributed by atoms with E-state index in [1.54, 1.807) is 12.1 Å². The van der Waals surface area contributed by atoms with Gasteiger partial charge < -0.3 is 10.4 Å². The van der Waals surface area contributed by atoms with Gasteiger partial charge in [0.2, 0.25) is 0 Å². The summed E-state index contributed by atoms with van der Waals surface area (Å²) in [6.07, 6.45) is 1.90. The lowest BCUT2D eigenvalue weighted by molar-refractivity contribution is 0.0690. The van der Waals surface area contributed by atoms with Gasteiger partial charge in [0, 0.05) is 9.61 Å². The molecule has 2 atom stereocenters. The molecule has 0 fully saturated rings. The predicted octanol–water partition coefficient (Wildman–Crippen LogP) is 2.73. The highest BCUT2D eigenvalue weighted by molar-refractivity contribution is 14.1. The first-order valence-corrected chi connectivity index (χ1v) is 8.30. The van der Waals surface area contributed by atoms with Gasteiger partial charge in [0.25, 0.3) is 5.91 Å². The zero-order chi connectivity index (χ0) is 14.6. The predicted molar refractivity (Wildman–Crippen MR) is 89.3 cm³/mol. The van der Waals surface area contributed by atoms with Gasteiger partial charge in [-0.25, -0.2) is 4.79 Å². The highest BCUT2D eigenvalue weighted by atomic mass is 127. The molecule has 0 aliphatic carbocycles. The van der Waals surface area contributed by atoms with Gasteiger partial charge in [0.05, 0.1) is 15.7 Å². The molecule has 0 bridgehead atoms. The average Bonchev–Trinajstić information content (AvgIpc) is 2.36. The van der Waals surface area contributed by atoms with E-state index in [2.05, 4.69) is 17.9 Å². The zero-order valence-corrected chi connectivity index (χ0v) is 14.3. The van der Waals surface area contributed by atoms with Crippen LogP contribution < -0.4 is 5.32 Å². The molecule has 2 N–H and O–H groups in total. The van der Waals surface area contributed by atoms with Gasteiger partial charge >= 0.3 is 5.97 Å². The van der Waals surface area contributed by atoms with E-state index < -0.39 is 5.97 Å². The summed E-state index contributed by atoms with van der Waals surface area (Å²) in [5.41, 5.74) is 0.209. The number of hydrogen-bond donors (Lipinski definition) is 3. The number of hydrogen-bond acceptors (Lipinski definition) is 4. The van der Waals surface area contributed by atoms with Gasteiger partial charge in [-0.1, -0.05) is 6.07 Å². The molecule has 0 spiro atoms. The van der Waals surface area contributed by atoms with Crippen LogP contribution in [0.3, 0.4) is 0 Å². The van der Waals surface area contributed by atoms with Crippen LogP contribution in [0, 0.1) is 3.57 Å². The molecule has 19 heavy (non-hydrogen) atoms. The van der Waals surface area contributed by atoms with E-state index in [9.17, 15) is 9.59 Å². The molecule has 0 aromatic heterocycles. The van der Waals surface area contributed by atoms with Crippen molar-refractivity contribution in [1.82, 2.24) is 5.32 Å². The van der Waals surface area contributed by atoms with Crippen LogP contribution in [0.5, 0.6) is 0 Å². The maximum Gasteiger partial charge on any atom is 0.336 e. The molecule has 0 heterocycles. The molecule has 7 heteroatoms. The van der Waals surface area contributed by atoms with Crippen molar-refractivity contribution in [1.29, 1.82) is 0 Å². The molecule has 1 amide bonds. The largest absolute Gasteiger partial charge is 0.478 e. The van der Waals surface area contributed by atoms with Crippen LogP contribution in [-0.4, -0.2) is 33.9 Å². The lowest BCUT2D eigenvalue weighted by Gasteiger charge is -2.19. The van der Waals surface area contributed by atoms with Gasteiger partial charge in [-0.05, 0) is 47.9 Å². The fourth-order valence-corrected chi connectivity index (χ4v) is 2.78. The minimum absolute atomic E-state index is 0.0106. The number of thiol groups is 1. The number of carbonyl (C=O) groups excluding carboxylic acids is 1. The number of carboxylic acids is 1. The van der Waals surface area contributed by atoms with Gasteiger partial charge in [-0.2, -0.15) is 12.6 Å². The van der Waals surface area contributed by atoms with E-state index in [0.717, 1.165) is 0 Å². The van der Waals surface area contributed by atoms with Crippen molar-refractivity contribution in [2.24, 2.45) is 0 Å². The topological polar surface area (TPSA) is 66.4 Å². The first-order chi connectivity index (χ1) is 8.88. The summed E-state index contributed by atoms with van der Waals surface area (Å²) in [6.45, 7) is 1.84. The second kappa shape index (κ2) is 7.39. The van der Waals surface area contributed by atoms with E-state index in [1.807, 2.05) is 35.8 Å². The molecule has 1 aromatic carbocycles. The second-order valence-corrected chi connectivity index (χ2v) is 6.90. The van der Waals surface area contributed by atoms with E-state index in [-0.39, 0.29) is 27.7 Å². The van der Waals surface area contributed by atoms with Crippen molar-refractivity contribution in [2.75, 3.05) is 6.26 Å². The van der Waals surface area contributed by atoms with E-state index >= 15 is 0 Å². The van der Waals surface area contributed by atoms with Crippen LogP contribution in [0.1, 0.15) is 27.6 Å². The van der Waals surface area contributed by atoms with Crippen molar-refractivity contribution in [2.45, 2.75) is 17.5 Å². The van der Waals surface area contributed by atoms with E-state index in [4.69, 9.17) is 5.11 Å². The van der Waals surface area contributed by atoms with Crippen LogP contribution in [0.2, 0.25) is 0 Å². The van der Waals surface area contributed by atoms with Crippen LogP contribution in [0.25, 0.3) is 0 Å². The Labute approximate surface area is 135 Å². The molecule has 0 aliphatic rings. The Kier molecular flexibility index (Phi) is 6.48. The van der Waals surface area contributed by atoms with Crippen LogP contribution in [0.15, 0.2) is 18.2 Å². The van der Waals surface area contributed by atoms with Crippen LogP contribution in [0.4, 0.5) is 0 Å². The summed E-state index contributed by atoms with van der Waals surface area (Å²) in [7, 11) is 0. The van der Waals surface area contributed by atoms with Crippen molar-refractivity contribution in [3.8, 4) is 0 Å². The Morgan fingerprint density at radius 2 is 2.11 bits per heavy atom. The second-order valence-electron chi connectivity index (χ2n) is 3.86. The van der Waals surface area contributed by atoms with Gasteiger partial charge in [-0.15, -0.1) is 11.8 Å². The number of carboxylic acid groups (broad SMARTS) is 1. The third-order valence-electron chi connectivity index (χ3n) is 2.50. The summed E-state index contributed by atoms with van der Waals surface area (Å²) in [5.74, 6) is -1.49. The summed E-state index contributed by atoms with van der Waals surface area (Å²) in [4.78, 5) is 23.4. The SMILES string of the molecule is CSC(S)C(C)NC(=O)c1c(I)cccc1C(=O)O. The molecular formula is C12H14INO3S2. The molecule has 4 nitrogen and oxygen atoms in total. The lowest BCUT2D eigenvalue weighted by Crippen LogP contribution is -2.38. The number of nitrogens with one attached hydrogen (secondary N) is 1. The van der Waals surface area contributed by atoms with Crippen LogP contribution >= 0.6 is 47.0 Å². The smallest absolute Gasteiger partial charge is 0.336 e. The summed E-state index contributed by atoms with van der Waals surface area (Å²) in [5, 5.41) is 11.9. The average molecular weight is 411 g/mol. The molecular weight excluding hydrogens is 397 g/mol. The van der Waals surface area contributed by atoms with Crippen molar-refractivity contribution in [3.63, 3.8) is 0 Å². The number of thioether (sulfide) groups is 1. The van der Waals surface area contributed by atoms with Crippen molar-refractivity contribution >= 4 is 58.9 Å². The number of carbonyl (C=O) groups is 2. The molecule has 1 rings (SSSR count). The molecule has 104 valence electrons. The Balaban J connectivity index is 3.03. The highest BCUT2D eigenvalue weighted by Gasteiger charge is 2.22. The third-order valence-corrected chi connectivity index (χ3v) is 5.37. The normalized spacial score (nSPS) is 13.7. The van der Waals surface area contributed by atoms with Gasteiger partial charge in [0.15, 0.2) is 0 Å². The van der Waals surface area contributed by atoms with Crippen molar-refractivity contribution in [3.05, 3.63) is 32.9 Å². The Bertz CT molecular complexity index is 496. The number of amides is 1. The Hall–Kier alpha value is -0.410. The maximum absolute atomic E-state index is 12.2. The van der Waals surface area contributed by atoms with E-state index in [1.165, 1.54) is 17.8 Å². The standard InChI is InChI=1S/C12H14INO3S2/c1-6(12(18)19-2)14-10(15)9-7(11(16)17)4-3-5-8(9)13/h3-6,12,18H,1-2H3,(H,14,15)(H,16,17). The molecule has 2 unspecified atom stereocenters. The Morgan fingerprint density at radius 1 is 1.47 bits per heavy atom. The summed E-state index contributed by atoms with van der Waals surface area (Å²) >= 11 is 7.81. The lowest BCUT2D eigenvalue weighted by atomic mass is 10.1. The number of halogens is 1. The van der Waals surface area contributed by atoms with E-state index in [0.29, 0.717) is 3.57 Å². The van der Waals surface area contributed by atoms with Gasteiger partial charge in [-0.3, -0.25) is 4.79 Å². The molecule has 0 saturated heterocycles. The molecule has 1 aromatic rings. The third kappa shape index (κ3) is 4.28. The first kappa shape index (κ1) is 16.6. The number of benzene rings is 1. The Morgan fingerprint density at radius 3 is 2.63 bits per heavy atom. The maximum atomic E-state index is 12.2. The summed E-state index contributed by atoms with van der Waals surface area (Å²) in [6, 6.07) is 4.59. The summed E-state index contributed by atoms with van der Waals surface area (Å²) < 4.78 is 0.570. The molecule has 0 saturated carbocycles. The minimum Gasteiger partial charge on any atom is -0.478 e. The monoisotopic (exact) mass is 411 g/mol. The zero-order valence-electron chi connectivity index (χ0n) is 10.4. The fourth-order valence-electron chi connectivity index (χ4n) is 1.49. The van der Waals surface area contributed by atoms with Crippen molar-refractivity contribution < 1.29 is 14.7 Å². The minimum atomic E-state index is -1.11. The number of rotatable bonds is 5.